The van der Waals surface area contributed by atoms with Gasteiger partial charge in [-0.25, -0.2) is 0 Å². The largest absolute Gasteiger partial charge is 0.488 e. The second-order valence-electron chi connectivity index (χ2n) is 5.73. The van der Waals surface area contributed by atoms with E-state index >= 15 is 0 Å². The number of fused-ring (bicyclic) bond motifs is 2. The summed E-state index contributed by atoms with van der Waals surface area (Å²) < 4.78 is 11.8. The third-order valence-corrected chi connectivity index (χ3v) is 4.43. The molecular weight excluding hydrogens is 264 g/mol. The number of ether oxygens (including phenoxy) is 2. The van der Waals surface area contributed by atoms with Crippen LogP contribution in [-0.4, -0.2) is 12.4 Å². The Labute approximate surface area is 123 Å². The van der Waals surface area contributed by atoms with Crippen LogP contribution in [0, 0.1) is 0 Å². The van der Waals surface area contributed by atoms with Crippen LogP contribution in [0.5, 0.6) is 11.5 Å². The predicted molar refractivity (Wildman–Crippen MR) is 78.6 cm³/mol. The van der Waals surface area contributed by atoms with Crippen LogP contribution in [0.4, 0.5) is 0 Å². The van der Waals surface area contributed by atoms with E-state index in [0.29, 0.717) is 6.61 Å². The van der Waals surface area contributed by atoms with Crippen LogP contribution >= 0.6 is 0 Å². The van der Waals surface area contributed by atoms with Gasteiger partial charge in [0, 0.05) is 11.0 Å². The van der Waals surface area contributed by atoms with Gasteiger partial charge in [0.2, 0.25) is 0 Å². The van der Waals surface area contributed by atoms with Gasteiger partial charge in [0.25, 0.3) is 0 Å². The molecule has 0 bridgehead atoms. The third kappa shape index (κ3) is 1.92. The molecule has 1 unspecified atom stereocenters. The first kappa shape index (κ1) is 12.5. The molecule has 1 atom stereocenters. The summed E-state index contributed by atoms with van der Waals surface area (Å²) in [5.74, 6) is 1.65. The Morgan fingerprint density at radius 3 is 2.67 bits per heavy atom. The molecule has 0 amide bonds. The van der Waals surface area contributed by atoms with Crippen LogP contribution < -0.4 is 9.47 Å². The molecule has 0 N–H and O–H groups in total. The Morgan fingerprint density at radius 1 is 1.14 bits per heavy atom. The van der Waals surface area contributed by atoms with E-state index in [9.17, 15) is 4.79 Å². The van der Waals surface area contributed by atoms with E-state index in [1.807, 2.05) is 48.5 Å². The van der Waals surface area contributed by atoms with Crippen LogP contribution in [0.1, 0.15) is 24.0 Å². The lowest BCUT2D eigenvalue weighted by Crippen LogP contribution is -2.26. The summed E-state index contributed by atoms with van der Waals surface area (Å²) in [5, 5.41) is 0. The lowest BCUT2D eigenvalue weighted by molar-refractivity contribution is -0.114. The van der Waals surface area contributed by atoms with Crippen molar-refractivity contribution in [1.29, 1.82) is 0 Å². The molecule has 1 spiro atoms. The van der Waals surface area contributed by atoms with Crippen LogP contribution in [0.2, 0.25) is 0 Å². The van der Waals surface area contributed by atoms with E-state index in [4.69, 9.17) is 9.47 Å². The van der Waals surface area contributed by atoms with Gasteiger partial charge in [-0.1, -0.05) is 36.4 Å². The first-order valence-corrected chi connectivity index (χ1v) is 7.26. The van der Waals surface area contributed by atoms with Gasteiger partial charge in [-0.3, -0.25) is 4.79 Å². The van der Waals surface area contributed by atoms with Gasteiger partial charge in [0.05, 0.1) is 0 Å². The van der Waals surface area contributed by atoms with Crippen LogP contribution in [0.15, 0.2) is 48.5 Å². The molecule has 0 radical (unpaired) electrons. The molecule has 2 aliphatic rings. The minimum Gasteiger partial charge on any atom is -0.488 e. The first-order valence-electron chi connectivity index (χ1n) is 7.26. The molecule has 1 heterocycles. The van der Waals surface area contributed by atoms with E-state index in [1.54, 1.807) is 0 Å². The van der Waals surface area contributed by atoms with Crippen molar-refractivity contribution in [1.82, 2.24) is 0 Å². The fourth-order valence-corrected chi connectivity index (χ4v) is 3.17. The highest BCUT2D eigenvalue weighted by molar-refractivity contribution is 5.70. The maximum atomic E-state index is 11.3. The van der Waals surface area contributed by atoms with Gasteiger partial charge in [-0.2, -0.15) is 0 Å². The van der Waals surface area contributed by atoms with E-state index in [2.05, 4.69) is 0 Å². The molecule has 3 nitrogen and oxygen atoms in total. The monoisotopic (exact) mass is 280 g/mol. The predicted octanol–water partition coefficient (Wildman–Crippen LogP) is 3.26. The fourth-order valence-electron chi connectivity index (χ4n) is 3.17. The molecule has 106 valence electrons. The fraction of sp³-hybridized carbons (Fsp3) is 0.278. The molecular formula is C18H16O3. The lowest BCUT2D eigenvalue weighted by atomic mass is 9.92. The molecule has 3 heteroatoms. The minimum absolute atomic E-state index is 0.135. The van der Waals surface area contributed by atoms with Gasteiger partial charge in [0.1, 0.15) is 18.1 Å². The molecule has 4 rings (SSSR count). The van der Waals surface area contributed by atoms with Gasteiger partial charge < -0.3 is 9.47 Å². The number of carbonyl (C=O) groups excluding carboxylic acids is 1. The molecule has 0 saturated heterocycles. The normalized spacial score (nSPS) is 20.7. The van der Waals surface area contributed by atoms with E-state index < -0.39 is 0 Å². The van der Waals surface area contributed by atoms with Crippen molar-refractivity contribution in [2.24, 2.45) is 0 Å². The second kappa shape index (κ2) is 4.62. The topological polar surface area (TPSA) is 35.5 Å². The van der Waals surface area contributed by atoms with Crippen molar-refractivity contribution in [2.45, 2.75) is 31.0 Å². The quantitative estimate of drug-likeness (QED) is 0.806. The first-order chi connectivity index (χ1) is 10.3. The Morgan fingerprint density at radius 2 is 1.95 bits per heavy atom. The zero-order valence-electron chi connectivity index (χ0n) is 11.6. The second-order valence-corrected chi connectivity index (χ2v) is 5.73. The van der Waals surface area contributed by atoms with Gasteiger partial charge in [-0.15, -0.1) is 0 Å². The summed E-state index contributed by atoms with van der Waals surface area (Å²) in [6.07, 6.45) is 2.56. The Kier molecular flexibility index (Phi) is 2.74. The van der Waals surface area contributed by atoms with E-state index in [0.717, 1.165) is 41.8 Å². The van der Waals surface area contributed by atoms with Crippen LogP contribution in [0.3, 0.4) is 0 Å². The number of hydrogen-bond donors (Lipinski definition) is 0. The highest BCUT2D eigenvalue weighted by Crippen LogP contribution is 2.61. The lowest BCUT2D eigenvalue weighted by Gasteiger charge is -2.14. The summed E-state index contributed by atoms with van der Waals surface area (Å²) >= 11 is 0. The van der Waals surface area contributed by atoms with Crippen molar-refractivity contribution in [3.05, 3.63) is 59.7 Å². The standard InChI is InChI=1S/C18H16O3/c19-11-16-18(9-10-18)17-14(7-4-8-15(17)21-16)20-12-13-5-2-1-3-6-13/h1-8,11,16H,9-10,12H2. The Bertz CT molecular complexity index is 674. The van der Waals surface area contributed by atoms with Gasteiger partial charge in [0.15, 0.2) is 12.4 Å². The maximum Gasteiger partial charge on any atom is 0.163 e. The third-order valence-electron chi connectivity index (χ3n) is 4.43. The van der Waals surface area contributed by atoms with E-state index in [-0.39, 0.29) is 11.5 Å². The SMILES string of the molecule is O=CC1Oc2cccc(OCc3ccccc3)c2C12CC2. The number of benzene rings is 2. The van der Waals surface area contributed by atoms with Crippen LogP contribution in [-0.2, 0) is 16.8 Å². The van der Waals surface area contributed by atoms with Crippen molar-refractivity contribution in [2.75, 3.05) is 0 Å². The maximum absolute atomic E-state index is 11.3. The van der Waals surface area contributed by atoms with Gasteiger partial charge >= 0.3 is 0 Å². The molecule has 1 aliphatic carbocycles. The highest BCUT2D eigenvalue weighted by atomic mass is 16.5. The number of carbonyl (C=O) groups is 1. The summed E-state index contributed by atoms with van der Waals surface area (Å²) in [5.41, 5.74) is 2.08. The smallest absolute Gasteiger partial charge is 0.163 e. The van der Waals surface area contributed by atoms with E-state index in [1.165, 1.54) is 0 Å². The van der Waals surface area contributed by atoms with Gasteiger partial charge in [-0.05, 0) is 30.5 Å². The zero-order chi connectivity index (χ0) is 14.3. The number of aldehydes is 1. The molecule has 1 aliphatic heterocycles. The molecule has 2 aromatic rings. The number of hydrogen-bond acceptors (Lipinski definition) is 3. The Balaban J connectivity index is 1.64. The molecule has 2 aromatic carbocycles. The summed E-state index contributed by atoms with van der Waals surface area (Å²) in [7, 11) is 0. The average molecular weight is 280 g/mol. The zero-order valence-corrected chi connectivity index (χ0v) is 11.6. The highest BCUT2D eigenvalue weighted by Gasteiger charge is 2.59. The summed E-state index contributed by atoms with van der Waals surface area (Å²) in [6, 6.07) is 15.9. The molecule has 1 saturated carbocycles. The average Bonchev–Trinajstić information content (AvgIpc) is 3.25. The molecule has 1 fully saturated rings. The Hall–Kier alpha value is -2.29. The van der Waals surface area contributed by atoms with Crippen molar-refractivity contribution < 1.29 is 14.3 Å². The molecule has 0 aromatic heterocycles. The summed E-state index contributed by atoms with van der Waals surface area (Å²) in [4.78, 5) is 11.3. The number of rotatable bonds is 4. The van der Waals surface area contributed by atoms with Crippen LogP contribution in [0.25, 0.3) is 0 Å². The minimum atomic E-state index is -0.353. The summed E-state index contributed by atoms with van der Waals surface area (Å²) in [6.45, 7) is 0.527. The van der Waals surface area contributed by atoms with Crippen molar-refractivity contribution in [3.63, 3.8) is 0 Å². The van der Waals surface area contributed by atoms with Crippen molar-refractivity contribution >= 4 is 6.29 Å². The van der Waals surface area contributed by atoms with Crippen molar-refractivity contribution in [3.8, 4) is 11.5 Å². The molecule has 21 heavy (non-hydrogen) atoms.